The maximum absolute atomic E-state index is 13.0. The van der Waals surface area contributed by atoms with E-state index in [-0.39, 0.29) is 18.1 Å². The van der Waals surface area contributed by atoms with E-state index >= 15 is 0 Å². The van der Waals surface area contributed by atoms with Crippen LogP contribution in [-0.2, 0) is 16.0 Å². The van der Waals surface area contributed by atoms with Crippen molar-refractivity contribution in [3.63, 3.8) is 0 Å². The molecule has 2 aliphatic rings. The van der Waals surface area contributed by atoms with E-state index in [1.807, 2.05) is 41.3 Å². The van der Waals surface area contributed by atoms with Crippen molar-refractivity contribution in [1.29, 1.82) is 5.26 Å². The van der Waals surface area contributed by atoms with Crippen molar-refractivity contribution in [1.82, 2.24) is 30.0 Å². The lowest BCUT2D eigenvalue weighted by atomic mass is 10.0. The average molecular weight is 460 g/mol. The first-order valence-corrected chi connectivity index (χ1v) is 11.2. The second kappa shape index (κ2) is 9.59. The number of methoxy groups -OCH3 is 1. The molecule has 174 valence electrons. The predicted octanol–water partition coefficient (Wildman–Crippen LogP) is 1.37. The number of tetrazole rings is 1. The SMILES string of the molecule is COc1cc(C2CN3CCN(C(=O)Cc4ccc(-n5cnnn5)cc4)CC3CO2)ccc1C#N. The Hall–Kier alpha value is -3.81. The lowest BCUT2D eigenvalue weighted by Gasteiger charge is -2.46. The molecule has 2 saturated heterocycles. The number of nitriles is 1. The molecule has 0 N–H and O–H groups in total. The Kier molecular flexibility index (Phi) is 6.20. The van der Waals surface area contributed by atoms with Gasteiger partial charge >= 0.3 is 0 Å². The number of nitrogens with zero attached hydrogens (tertiary/aromatic N) is 7. The quantitative estimate of drug-likeness (QED) is 0.563. The summed E-state index contributed by atoms with van der Waals surface area (Å²) in [7, 11) is 1.57. The highest BCUT2D eigenvalue weighted by molar-refractivity contribution is 5.79. The summed E-state index contributed by atoms with van der Waals surface area (Å²) in [6, 6.07) is 15.6. The van der Waals surface area contributed by atoms with Gasteiger partial charge in [0.15, 0.2) is 0 Å². The van der Waals surface area contributed by atoms with E-state index in [4.69, 9.17) is 9.47 Å². The van der Waals surface area contributed by atoms with Crippen LogP contribution in [-0.4, -0.2) is 81.9 Å². The summed E-state index contributed by atoms with van der Waals surface area (Å²) in [6.45, 7) is 3.46. The van der Waals surface area contributed by atoms with E-state index in [9.17, 15) is 10.1 Å². The first-order chi connectivity index (χ1) is 16.6. The van der Waals surface area contributed by atoms with Gasteiger partial charge in [0, 0.05) is 26.2 Å². The first-order valence-electron chi connectivity index (χ1n) is 11.2. The highest BCUT2D eigenvalue weighted by Crippen LogP contribution is 2.30. The van der Waals surface area contributed by atoms with E-state index in [1.165, 1.54) is 6.33 Å². The van der Waals surface area contributed by atoms with E-state index in [0.29, 0.717) is 37.4 Å². The average Bonchev–Trinajstić information content (AvgIpc) is 3.43. The van der Waals surface area contributed by atoms with Crippen LogP contribution in [0.1, 0.15) is 22.8 Å². The number of piperazine rings is 1. The van der Waals surface area contributed by atoms with Gasteiger partial charge < -0.3 is 14.4 Å². The molecule has 2 aliphatic heterocycles. The van der Waals surface area contributed by atoms with Crippen LogP contribution in [0.4, 0.5) is 0 Å². The van der Waals surface area contributed by atoms with Crippen molar-refractivity contribution in [3.05, 3.63) is 65.5 Å². The van der Waals surface area contributed by atoms with Crippen LogP contribution in [0.25, 0.3) is 5.69 Å². The van der Waals surface area contributed by atoms with Crippen molar-refractivity contribution in [2.45, 2.75) is 18.6 Å². The molecule has 2 atom stereocenters. The van der Waals surface area contributed by atoms with Gasteiger partial charge in [-0.25, -0.2) is 4.68 Å². The smallest absolute Gasteiger partial charge is 0.227 e. The Labute approximate surface area is 197 Å². The molecule has 3 aromatic rings. The minimum absolute atomic E-state index is 0.0844. The lowest BCUT2D eigenvalue weighted by Crippen LogP contribution is -2.59. The molecular formula is C24H25N7O3. The number of ether oxygens (including phenoxy) is 2. The number of carbonyl (C=O) groups is 1. The van der Waals surface area contributed by atoms with Crippen LogP contribution < -0.4 is 4.74 Å². The molecule has 2 fully saturated rings. The monoisotopic (exact) mass is 459 g/mol. The maximum atomic E-state index is 13.0. The molecule has 3 heterocycles. The Morgan fingerprint density at radius 1 is 1.21 bits per heavy atom. The summed E-state index contributed by atoms with van der Waals surface area (Å²) in [5.74, 6) is 0.681. The fourth-order valence-corrected chi connectivity index (χ4v) is 4.55. The summed E-state index contributed by atoms with van der Waals surface area (Å²) >= 11 is 0. The van der Waals surface area contributed by atoms with E-state index in [1.54, 1.807) is 17.9 Å². The number of aromatic nitrogens is 4. The summed E-state index contributed by atoms with van der Waals surface area (Å²) in [6.07, 6.45) is 1.81. The van der Waals surface area contributed by atoms with Crippen molar-refractivity contribution in [2.24, 2.45) is 0 Å². The van der Waals surface area contributed by atoms with Gasteiger partial charge in [0.25, 0.3) is 0 Å². The Bertz CT molecular complexity index is 1190. The highest BCUT2D eigenvalue weighted by Gasteiger charge is 2.35. The number of rotatable bonds is 5. The molecule has 2 unspecified atom stereocenters. The number of hydrogen-bond donors (Lipinski definition) is 0. The van der Waals surface area contributed by atoms with Crippen LogP contribution in [0.5, 0.6) is 5.75 Å². The molecular weight excluding hydrogens is 434 g/mol. The van der Waals surface area contributed by atoms with Crippen LogP contribution in [0, 0.1) is 11.3 Å². The maximum Gasteiger partial charge on any atom is 0.227 e. The van der Waals surface area contributed by atoms with Gasteiger partial charge in [-0.3, -0.25) is 9.69 Å². The van der Waals surface area contributed by atoms with Gasteiger partial charge in [0.1, 0.15) is 18.1 Å². The highest BCUT2D eigenvalue weighted by atomic mass is 16.5. The van der Waals surface area contributed by atoms with E-state index < -0.39 is 0 Å². The summed E-state index contributed by atoms with van der Waals surface area (Å²) in [5, 5.41) is 20.4. The molecule has 0 radical (unpaired) electrons. The molecule has 5 rings (SSSR count). The minimum Gasteiger partial charge on any atom is -0.495 e. The molecule has 34 heavy (non-hydrogen) atoms. The summed E-state index contributed by atoms with van der Waals surface area (Å²) < 4.78 is 13.1. The third-order valence-electron chi connectivity index (χ3n) is 6.47. The zero-order valence-corrected chi connectivity index (χ0v) is 18.9. The summed E-state index contributed by atoms with van der Waals surface area (Å²) in [4.78, 5) is 17.3. The largest absolute Gasteiger partial charge is 0.495 e. The van der Waals surface area contributed by atoms with E-state index in [0.717, 1.165) is 29.9 Å². The number of morpholine rings is 1. The fraction of sp³-hybridized carbons (Fsp3) is 0.375. The van der Waals surface area contributed by atoms with Gasteiger partial charge in [-0.2, -0.15) is 5.26 Å². The van der Waals surface area contributed by atoms with Crippen LogP contribution in [0.3, 0.4) is 0 Å². The number of benzene rings is 2. The third kappa shape index (κ3) is 4.48. The molecule has 2 aromatic carbocycles. The molecule has 0 aliphatic carbocycles. The normalized spacial score (nSPS) is 20.4. The molecule has 1 amide bonds. The number of fused-ring (bicyclic) bond motifs is 1. The van der Waals surface area contributed by atoms with Crippen LogP contribution >= 0.6 is 0 Å². The van der Waals surface area contributed by atoms with Gasteiger partial charge in [0.2, 0.25) is 5.91 Å². The lowest BCUT2D eigenvalue weighted by molar-refractivity contribution is -0.139. The second-order valence-corrected chi connectivity index (χ2v) is 8.48. The Morgan fingerprint density at radius 2 is 2.06 bits per heavy atom. The fourth-order valence-electron chi connectivity index (χ4n) is 4.55. The molecule has 0 bridgehead atoms. The molecule has 0 saturated carbocycles. The van der Waals surface area contributed by atoms with Crippen LogP contribution in [0.2, 0.25) is 0 Å². The van der Waals surface area contributed by atoms with Gasteiger partial charge in [0.05, 0.1) is 43.5 Å². The second-order valence-electron chi connectivity index (χ2n) is 8.48. The molecule has 1 aromatic heterocycles. The molecule has 10 nitrogen and oxygen atoms in total. The Morgan fingerprint density at radius 3 is 2.79 bits per heavy atom. The molecule has 0 spiro atoms. The van der Waals surface area contributed by atoms with Gasteiger partial charge in [-0.15, -0.1) is 5.10 Å². The van der Waals surface area contributed by atoms with Crippen molar-refractivity contribution in [2.75, 3.05) is 39.9 Å². The number of amides is 1. The van der Waals surface area contributed by atoms with Gasteiger partial charge in [-0.05, 0) is 45.8 Å². The Balaban J connectivity index is 1.17. The van der Waals surface area contributed by atoms with E-state index in [2.05, 4.69) is 26.5 Å². The zero-order chi connectivity index (χ0) is 23.5. The standard InChI is InChI=1S/C24H25N7O3/c1-33-22-11-18(4-5-19(22)12-25)23-14-29-8-9-30(13-21(29)15-34-23)24(32)10-17-2-6-20(7-3-17)31-16-26-27-28-31/h2-7,11,16,21,23H,8-10,13-15H2,1H3. The number of carbonyl (C=O) groups excluding carboxylic acids is 1. The van der Waals surface area contributed by atoms with Crippen molar-refractivity contribution in [3.8, 4) is 17.5 Å². The van der Waals surface area contributed by atoms with Crippen LogP contribution in [0.15, 0.2) is 48.8 Å². The van der Waals surface area contributed by atoms with Crippen molar-refractivity contribution >= 4 is 5.91 Å². The predicted molar refractivity (Wildman–Crippen MR) is 121 cm³/mol. The minimum atomic E-state index is -0.0844. The molecule has 10 heteroatoms. The van der Waals surface area contributed by atoms with Crippen molar-refractivity contribution < 1.29 is 14.3 Å². The topological polar surface area (TPSA) is 109 Å². The summed E-state index contributed by atoms with van der Waals surface area (Å²) in [5.41, 5.74) is 3.32. The van der Waals surface area contributed by atoms with Gasteiger partial charge in [-0.1, -0.05) is 18.2 Å². The number of hydrogen-bond acceptors (Lipinski definition) is 8. The first kappa shape index (κ1) is 22.0. The third-order valence-corrected chi connectivity index (χ3v) is 6.47. The zero-order valence-electron chi connectivity index (χ0n) is 18.9.